The molecule has 124 valence electrons. The zero-order valence-corrected chi connectivity index (χ0v) is 13.5. The van der Waals surface area contributed by atoms with Crippen molar-refractivity contribution in [2.24, 2.45) is 0 Å². The zero-order valence-electron chi connectivity index (χ0n) is 13.5. The number of carbonyl (C=O) groups is 2. The van der Waals surface area contributed by atoms with Gasteiger partial charge in [0.15, 0.2) is 0 Å². The summed E-state index contributed by atoms with van der Waals surface area (Å²) in [6.07, 6.45) is 4.53. The Bertz CT molecular complexity index is 544. The first-order chi connectivity index (χ1) is 11.2. The SMILES string of the molecule is O=C(NCC(=O)N1CCCC1)c1ccc([C@@H]2CCCNC2)cc1. The molecule has 0 unspecified atom stereocenters. The molecule has 0 spiro atoms. The Hall–Kier alpha value is -1.88. The van der Waals surface area contributed by atoms with Crippen LogP contribution < -0.4 is 10.6 Å². The highest BCUT2D eigenvalue weighted by molar-refractivity contribution is 5.96. The number of nitrogens with one attached hydrogen (secondary N) is 2. The number of benzene rings is 1. The summed E-state index contributed by atoms with van der Waals surface area (Å²) in [5.74, 6) is 0.379. The molecule has 2 aliphatic heterocycles. The van der Waals surface area contributed by atoms with Crippen LogP contribution in [0.1, 0.15) is 47.5 Å². The molecule has 0 saturated carbocycles. The van der Waals surface area contributed by atoms with Gasteiger partial charge in [0.25, 0.3) is 5.91 Å². The summed E-state index contributed by atoms with van der Waals surface area (Å²) >= 11 is 0. The summed E-state index contributed by atoms with van der Waals surface area (Å²) < 4.78 is 0. The molecule has 0 radical (unpaired) electrons. The van der Waals surface area contributed by atoms with Crippen molar-refractivity contribution in [2.75, 3.05) is 32.7 Å². The van der Waals surface area contributed by atoms with Crippen molar-refractivity contribution in [1.82, 2.24) is 15.5 Å². The van der Waals surface area contributed by atoms with Gasteiger partial charge in [-0.2, -0.15) is 0 Å². The Morgan fingerprint density at radius 3 is 2.52 bits per heavy atom. The second-order valence-electron chi connectivity index (χ2n) is 6.44. The minimum absolute atomic E-state index is 0.0146. The van der Waals surface area contributed by atoms with Gasteiger partial charge in [-0.25, -0.2) is 0 Å². The van der Waals surface area contributed by atoms with E-state index in [4.69, 9.17) is 0 Å². The number of likely N-dealkylation sites (tertiary alicyclic amines) is 1. The molecule has 2 N–H and O–H groups in total. The van der Waals surface area contributed by atoms with E-state index in [0.29, 0.717) is 11.5 Å². The number of carbonyl (C=O) groups excluding carboxylic acids is 2. The average molecular weight is 315 g/mol. The van der Waals surface area contributed by atoms with E-state index in [9.17, 15) is 9.59 Å². The minimum Gasteiger partial charge on any atom is -0.343 e. The summed E-state index contributed by atoms with van der Waals surface area (Å²) in [6.45, 7) is 3.84. The third kappa shape index (κ3) is 4.10. The quantitative estimate of drug-likeness (QED) is 0.885. The monoisotopic (exact) mass is 315 g/mol. The third-order valence-corrected chi connectivity index (χ3v) is 4.80. The zero-order chi connectivity index (χ0) is 16.1. The second-order valence-corrected chi connectivity index (χ2v) is 6.44. The van der Waals surface area contributed by atoms with Crippen molar-refractivity contribution in [3.63, 3.8) is 0 Å². The molecule has 2 amide bonds. The molecule has 2 saturated heterocycles. The van der Waals surface area contributed by atoms with Gasteiger partial charge in [0.1, 0.15) is 0 Å². The van der Waals surface area contributed by atoms with Gasteiger partial charge in [-0.15, -0.1) is 0 Å². The fourth-order valence-electron chi connectivity index (χ4n) is 3.38. The molecule has 0 bridgehead atoms. The van der Waals surface area contributed by atoms with Crippen LogP contribution in [-0.2, 0) is 4.79 Å². The van der Waals surface area contributed by atoms with Crippen molar-refractivity contribution < 1.29 is 9.59 Å². The highest BCUT2D eigenvalue weighted by atomic mass is 16.2. The Kier molecular flexibility index (Phi) is 5.28. The van der Waals surface area contributed by atoms with Crippen molar-refractivity contribution in [2.45, 2.75) is 31.6 Å². The molecule has 2 aliphatic rings. The maximum atomic E-state index is 12.2. The summed E-state index contributed by atoms with van der Waals surface area (Å²) in [4.78, 5) is 25.9. The molecular weight excluding hydrogens is 290 g/mol. The van der Waals surface area contributed by atoms with Crippen LogP contribution >= 0.6 is 0 Å². The fourth-order valence-corrected chi connectivity index (χ4v) is 3.38. The van der Waals surface area contributed by atoms with Crippen LogP contribution in [0, 0.1) is 0 Å². The lowest BCUT2D eigenvalue weighted by Gasteiger charge is -2.23. The Balaban J connectivity index is 1.51. The van der Waals surface area contributed by atoms with E-state index in [2.05, 4.69) is 10.6 Å². The standard InChI is InChI=1S/C18H25N3O2/c22-17(21-10-1-2-11-21)13-20-18(23)15-7-5-14(6-8-15)16-4-3-9-19-12-16/h5-8,16,19H,1-4,9-13H2,(H,20,23)/t16-/m1/s1. The molecule has 1 aromatic carbocycles. The van der Waals surface area contributed by atoms with Crippen molar-refractivity contribution in [3.05, 3.63) is 35.4 Å². The van der Waals surface area contributed by atoms with E-state index in [-0.39, 0.29) is 18.4 Å². The number of hydrogen-bond donors (Lipinski definition) is 2. The predicted molar refractivity (Wildman–Crippen MR) is 89.4 cm³/mol. The summed E-state index contributed by atoms with van der Waals surface area (Å²) in [6, 6.07) is 7.79. The van der Waals surface area contributed by atoms with Crippen LogP contribution in [0.2, 0.25) is 0 Å². The fraction of sp³-hybridized carbons (Fsp3) is 0.556. The molecule has 23 heavy (non-hydrogen) atoms. The molecule has 3 rings (SSSR count). The maximum Gasteiger partial charge on any atom is 0.251 e. The first kappa shape index (κ1) is 16.0. The lowest BCUT2D eigenvalue weighted by atomic mass is 9.91. The van der Waals surface area contributed by atoms with E-state index >= 15 is 0 Å². The lowest BCUT2D eigenvalue weighted by molar-refractivity contribution is -0.129. The van der Waals surface area contributed by atoms with Gasteiger partial charge in [0, 0.05) is 25.2 Å². The van der Waals surface area contributed by atoms with E-state index in [1.54, 1.807) is 0 Å². The van der Waals surface area contributed by atoms with Crippen LogP contribution in [0.25, 0.3) is 0 Å². The van der Waals surface area contributed by atoms with Gasteiger partial charge in [-0.05, 0) is 55.8 Å². The average Bonchev–Trinajstić information content (AvgIpc) is 3.15. The highest BCUT2D eigenvalue weighted by Gasteiger charge is 2.19. The smallest absolute Gasteiger partial charge is 0.251 e. The number of piperidine rings is 1. The third-order valence-electron chi connectivity index (χ3n) is 4.80. The highest BCUT2D eigenvalue weighted by Crippen LogP contribution is 2.23. The summed E-state index contributed by atoms with van der Waals surface area (Å²) in [7, 11) is 0. The Labute approximate surface area is 137 Å². The topological polar surface area (TPSA) is 61.4 Å². The lowest BCUT2D eigenvalue weighted by Crippen LogP contribution is -2.38. The van der Waals surface area contributed by atoms with Crippen molar-refractivity contribution in [1.29, 1.82) is 0 Å². The number of rotatable bonds is 4. The minimum atomic E-state index is -0.175. The first-order valence-electron chi connectivity index (χ1n) is 8.61. The molecule has 1 aromatic rings. The van der Waals surface area contributed by atoms with Gasteiger partial charge in [-0.1, -0.05) is 12.1 Å². The van der Waals surface area contributed by atoms with Gasteiger partial charge < -0.3 is 15.5 Å². The van der Waals surface area contributed by atoms with Gasteiger partial charge in [0.2, 0.25) is 5.91 Å². The van der Waals surface area contributed by atoms with Gasteiger partial charge in [0.05, 0.1) is 6.54 Å². The normalized spacial score (nSPS) is 21.2. The first-order valence-corrected chi connectivity index (χ1v) is 8.61. The van der Waals surface area contributed by atoms with Crippen LogP contribution in [-0.4, -0.2) is 49.4 Å². The molecule has 2 heterocycles. The van der Waals surface area contributed by atoms with E-state index in [1.807, 2.05) is 29.2 Å². The Morgan fingerprint density at radius 2 is 1.87 bits per heavy atom. The summed E-state index contributed by atoms with van der Waals surface area (Å²) in [5.41, 5.74) is 1.90. The molecular formula is C18H25N3O2. The molecule has 5 nitrogen and oxygen atoms in total. The van der Waals surface area contributed by atoms with Gasteiger partial charge >= 0.3 is 0 Å². The number of amides is 2. The number of hydrogen-bond acceptors (Lipinski definition) is 3. The largest absolute Gasteiger partial charge is 0.343 e. The van der Waals surface area contributed by atoms with Crippen LogP contribution in [0.3, 0.4) is 0 Å². The van der Waals surface area contributed by atoms with Crippen LogP contribution in [0.5, 0.6) is 0 Å². The predicted octanol–water partition coefficient (Wildman–Crippen LogP) is 1.51. The molecule has 1 atom stereocenters. The molecule has 0 aliphatic carbocycles. The Morgan fingerprint density at radius 1 is 1.13 bits per heavy atom. The van der Waals surface area contributed by atoms with Crippen molar-refractivity contribution >= 4 is 11.8 Å². The molecule has 0 aromatic heterocycles. The number of nitrogens with zero attached hydrogens (tertiary/aromatic N) is 1. The van der Waals surface area contributed by atoms with E-state index < -0.39 is 0 Å². The van der Waals surface area contributed by atoms with Crippen LogP contribution in [0.15, 0.2) is 24.3 Å². The van der Waals surface area contributed by atoms with E-state index in [0.717, 1.165) is 39.0 Å². The van der Waals surface area contributed by atoms with Gasteiger partial charge in [-0.3, -0.25) is 9.59 Å². The summed E-state index contributed by atoms with van der Waals surface area (Å²) in [5, 5.41) is 6.14. The second kappa shape index (κ2) is 7.59. The van der Waals surface area contributed by atoms with Crippen molar-refractivity contribution in [3.8, 4) is 0 Å². The van der Waals surface area contributed by atoms with E-state index in [1.165, 1.54) is 18.4 Å². The molecule has 5 heteroatoms. The maximum absolute atomic E-state index is 12.2. The van der Waals surface area contributed by atoms with Crippen LogP contribution in [0.4, 0.5) is 0 Å². The molecule has 2 fully saturated rings.